The summed E-state index contributed by atoms with van der Waals surface area (Å²) in [6.45, 7) is 4.30. The molecular formula is C22H31N3O4. The van der Waals surface area contributed by atoms with Crippen molar-refractivity contribution in [1.82, 2.24) is 10.6 Å². The van der Waals surface area contributed by atoms with Crippen LogP contribution in [0, 0.1) is 0 Å². The van der Waals surface area contributed by atoms with Crippen LogP contribution in [-0.4, -0.2) is 51.6 Å². The van der Waals surface area contributed by atoms with Crippen LogP contribution in [0.3, 0.4) is 0 Å². The predicted octanol–water partition coefficient (Wildman–Crippen LogP) is 2.37. The third-order valence-electron chi connectivity index (χ3n) is 4.21. The summed E-state index contributed by atoms with van der Waals surface area (Å²) >= 11 is 0. The Morgan fingerprint density at radius 2 is 1.72 bits per heavy atom. The van der Waals surface area contributed by atoms with Crippen LogP contribution in [0.15, 0.2) is 47.5 Å². The summed E-state index contributed by atoms with van der Waals surface area (Å²) < 4.78 is 16.0. The Balaban J connectivity index is 1.93. The van der Waals surface area contributed by atoms with Gasteiger partial charge in [0, 0.05) is 13.1 Å². The van der Waals surface area contributed by atoms with Crippen molar-refractivity contribution in [3.63, 3.8) is 0 Å². The third-order valence-corrected chi connectivity index (χ3v) is 4.21. The van der Waals surface area contributed by atoms with Crippen molar-refractivity contribution < 1.29 is 19.3 Å². The standard InChI is InChI=1S/C22H31N3O4/c1-4-23-22(24-12-11-17-5-8-19(27-2)9-6-17)25-16-18-7-10-20(29-14-13-26)21(15-18)28-3/h5-10,15,26H,4,11-14,16H2,1-3H3,(H2,23,24,25). The minimum atomic E-state index is -0.0383. The van der Waals surface area contributed by atoms with E-state index in [4.69, 9.17) is 19.3 Å². The van der Waals surface area contributed by atoms with Gasteiger partial charge < -0.3 is 30.0 Å². The first-order valence-corrected chi connectivity index (χ1v) is 9.75. The second kappa shape index (κ2) is 12.5. The Morgan fingerprint density at radius 3 is 2.38 bits per heavy atom. The van der Waals surface area contributed by atoms with Gasteiger partial charge in [0.25, 0.3) is 0 Å². The monoisotopic (exact) mass is 401 g/mol. The first-order valence-electron chi connectivity index (χ1n) is 9.75. The molecule has 2 aromatic carbocycles. The molecule has 7 nitrogen and oxygen atoms in total. The second-order valence-electron chi connectivity index (χ2n) is 6.28. The van der Waals surface area contributed by atoms with Gasteiger partial charge in [-0.25, -0.2) is 4.99 Å². The van der Waals surface area contributed by atoms with Crippen LogP contribution in [0.4, 0.5) is 0 Å². The van der Waals surface area contributed by atoms with Gasteiger partial charge in [-0.05, 0) is 48.7 Å². The van der Waals surface area contributed by atoms with Crippen LogP contribution in [-0.2, 0) is 13.0 Å². The Bertz CT molecular complexity index is 763. The van der Waals surface area contributed by atoms with E-state index >= 15 is 0 Å². The average molecular weight is 402 g/mol. The molecule has 3 N–H and O–H groups in total. The highest BCUT2D eigenvalue weighted by atomic mass is 16.5. The van der Waals surface area contributed by atoms with Gasteiger partial charge in [0.1, 0.15) is 12.4 Å². The van der Waals surface area contributed by atoms with Crippen molar-refractivity contribution in [2.75, 3.05) is 40.5 Å². The molecule has 0 aliphatic rings. The zero-order chi connectivity index (χ0) is 20.9. The van der Waals surface area contributed by atoms with Gasteiger partial charge in [-0.2, -0.15) is 0 Å². The topological polar surface area (TPSA) is 84.3 Å². The zero-order valence-electron chi connectivity index (χ0n) is 17.4. The zero-order valence-corrected chi connectivity index (χ0v) is 17.4. The number of benzene rings is 2. The second-order valence-corrected chi connectivity index (χ2v) is 6.28. The van der Waals surface area contributed by atoms with Gasteiger partial charge in [-0.1, -0.05) is 18.2 Å². The van der Waals surface area contributed by atoms with Crippen LogP contribution >= 0.6 is 0 Å². The summed E-state index contributed by atoms with van der Waals surface area (Å²) in [6, 6.07) is 13.8. The first kappa shape index (κ1) is 22.4. The number of aliphatic hydroxyl groups excluding tert-OH is 1. The van der Waals surface area contributed by atoms with Crippen LogP contribution in [0.2, 0.25) is 0 Å². The molecular weight excluding hydrogens is 370 g/mol. The van der Waals surface area contributed by atoms with E-state index in [1.165, 1.54) is 5.56 Å². The maximum absolute atomic E-state index is 8.91. The number of aliphatic hydroxyl groups is 1. The highest BCUT2D eigenvalue weighted by Crippen LogP contribution is 2.28. The van der Waals surface area contributed by atoms with Crippen LogP contribution in [0.1, 0.15) is 18.1 Å². The number of aliphatic imine (C=N–C) groups is 1. The molecule has 0 unspecified atom stereocenters. The number of nitrogens with zero attached hydrogens (tertiary/aromatic N) is 1. The molecule has 0 atom stereocenters. The third kappa shape index (κ3) is 7.54. The number of guanidine groups is 1. The van der Waals surface area contributed by atoms with Crippen molar-refractivity contribution in [3.8, 4) is 17.2 Å². The lowest BCUT2D eigenvalue weighted by atomic mass is 10.1. The van der Waals surface area contributed by atoms with Crippen molar-refractivity contribution in [1.29, 1.82) is 0 Å². The summed E-state index contributed by atoms with van der Waals surface area (Å²) in [5.41, 5.74) is 2.24. The van der Waals surface area contributed by atoms with Gasteiger partial charge in [0.15, 0.2) is 17.5 Å². The fourth-order valence-corrected chi connectivity index (χ4v) is 2.71. The van der Waals surface area contributed by atoms with Crippen LogP contribution in [0.5, 0.6) is 17.2 Å². The minimum Gasteiger partial charge on any atom is -0.497 e. The molecule has 0 saturated heterocycles. The van der Waals surface area contributed by atoms with E-state index in [0.29, 0.717) is 18.0 Å². The van der Waals surface area contributed by atoms with Gasteiger partial charge in [-0.15, -0.1) is 0 Å². The first-order chi connectivity index (χ1) is 14.2. The molecule has 0 aliphatic heterocycles. The van der Waals surface area contributed by atoms with Gasteiger partial charge in [-0.3, -0.25) is 0 Å². The number of methoxy groups -OCH3 is 2. The molecule has 0 amide bonds. The molecule has 2 rings (SSSR count). The number of hydrogen-bond acceptors (Lipinski definition) is 5. The maximum Gasteiger partial charge on any atom is 0.191 e. The maximum atomic E-state index is 8.91. The highest BCUT2D eigenvalue weighted by molar-refractivity contribution is 5.79. The van der Waals surface area contributed by atoms with Crippen molar-refractivity contribution in [2.24, 2.45) is 4.99 Å². The Labute approximate surface area is 172 Å². The molecule has 0 radical (unpaired) electrons. The Morgan fingerprint density at radius 1 is 0.966 bits per heavy atom. The number of hydrogen-bond donors (Lipinski definition) is 3. The van der Waals surface area contributed by atoms with E-state index in [9.17, 15) is 0 Å². The summed E-state index contributed by atoms with van der Waals surface area (Å²) in [4.78, 5) is 4.65. The number of ether oxygens (including phenoxy) is 3. The van der Waals surface area contributed by atoms with Crippen molar-refractivity contribution in [3.05, 3.63) is 53.6 Å². The van der Waals surface area contributed by atoms with Gasteiger partial charge in [0.2, 0.25) is 0 Å². The molecule has 0 saturated carbocycles. The SMILES string of the molecule is CCNC(=NCc1ccc(OCCO)c(OC)c1)NCCc1ccc(OC)cc1. The van der Waals surface area contributed by atoms with Gasteiger partial charge in [0.05, 0.1) is 27.4 Å². The number of rotatable bonds is 11. The van der Waals surface area contributed by atoms with Crippen LogP contribution in [0.25, 0.3) is 0 Å². The smallest absolute Gasteiger partial charge is 0.191 e. The minimum absolute atomic E-state index is 0.0383. The molecule has 0 bridgehead atoms. The van der Waals surface area contributed by atoms with E-state index < -0.39 is 0 Å². The largest absolute Gasteiger partial charge is 0.497 e. The molecule has 2 aromatic rings. The molecule has 0 aliphatic carbocycles. The molecule has 7 heteroatoms. The Kier molecular flexibility index (Phi) is 9.65. The lowest BCUT2D eigenvalue weighted by Crippen LogP contribution is -2.38. The highest BCUT2D eigenvalue weighted by Gasteiger charge is 2.06. The summed E-state index contributed by atoms with van der Waals surface area (Å²) in [7, 11) is 3.26. The molecule has 0 aromatic heterocycles. The predicted molar refractivity (Wildman–Crippen MR) is 115 cm³/mol. The average Bonchev–Trinajstić information content (AvgIpc) is 2.76. The van der Waals surface area contributed by atoms with Crippen molar-refractivity contribution >= 4 is 5.96 Å². The molecule has 0 spiro atoms. The Hall–Kier alpha value is -2.93. The number of nitrogens with one attached hydrogen (secondary N) is 2. The fraction of sp³-hybridized carbons (Fsp3) is 0.409. The van der Waals surface area contributed by atoms with E-state index in [1.807, 2.05) is 37.3 Å². The quantitative estimate of drug-likeness (QED) is 0.396. The van der Waals surface area contributed by atoms with Crippen LogP contribution < -0.4 is 24.8 Å². The molecule has 0 fully saturated rings. The van der Waals surface area contributed by atoms with E-state index in [-0.39, 0.29) is 13.2 Å². The van der Waals surface area contributed by atoms with E-state index in [0.717, 1.165) is 36.8 Å². The lowest BCUT2D eigenvalue weighted by Gasteiger charge is -2.13. The van der Waals surface area contributed by atoms with Gasteiger partial charge >= 0.3 is 0 Å². The molecule has 158 valence electrons. The van der Waals surface area contributed by atoms with E-state index in [1.54, 1.807) is 14.2 Å². The summed E-state index contributed by atoms with van der Waals surface area (Å²) in [6.07, 6.45) is 0.888. The normalized spacial score (nSPS) is 11.1. The van der Waals surface area contributed by atoms with E-state index in [2.05, 4.69) is 27.8 Å². The lowest BCUT2D eigenvalue weighted by molar-refractivity contribution is 0.196. The fourth-order valence-electron chi connectivity index (χ4n) is 2.71. The summed E-state index contributed by atoms with van der Waals surface area (Å²) in [5.74, 6) is 2.86. The summed E-state index contributed by atoms with van der Waals surface area (Å²) in [5, 5.41) is 15.5. The van der Waals surface area contributed by atoms with Crippen molar-refractivity contribution in [2.45, 2.75) is 19.9 Å². The molecule has 29 heavy (non-hydrogen) atoms. The molecule has 0 heterocycles.